The van der Waals surface area contributed by atoms with E-state index in [0.717, 1.165) is 72.1 Å². The Hall–Kier alpha value is -9.19. The molecule has 0 aliphatic carbocycles. The number of hydrogen-bond donors (Lipinski definition) is 0. The van der Waals surface area contributed by atoms with Gasteiger partial charge >= 0.3 is 0 Å². The lowest BCUT2D eigenvalue weighted by molar-refractivity contribution is 0.669. The number of para-hydroxylation sites is 1. The first-order valence-corrected chi connectivity index (χ1v) is 23.0. The van der Waals surface area contributed by atoms with Crippen LogP contribution in [-0.4, -0.2) is 19.5 Å². The third-order valence-electron chi connectivity index (χ3n) is 13.6. The van der Waals surface area contributed by atoms with Crippen molar-refractivity contribution < 1.29 is 4.42 Å². The van der Waals surface area contributed by atoms with Gasteiger partial charge in [-0.2, -0.15) is 0 Å². The van der Waals surface area contributed by atoms with Crippen LogP contribution in [0.4, 0.5) is 0 Å². The topological polar surface area (TPSA) is 56.7 Å². The van der Waals surface area contributed by atoms with Gasteiger partial charge in [0.1, 0.15) is 11.2 Å². The van der Waals surface area contributed by atoms with E-state index < -0.39 is 0 Å². The minimum absolute atomic E-state index is 0.575. The van der Waals surface area contributed by atoms with Crippen molar-refractivity contribution in [3.63, 3.8) is 0 Å². The number of hydrogen-bond acceptors (Lipinski definition) is 4. The van der Waals surface area contributed by atoms with Crippen molar-refractivity contribution in [2.45, 2.75) is 0 Å². The monoisotopic (exact) mass is 866 g/mol. The van der Waals surface area contributed by atoms with E-state index in [1.54, 1.807) is 0 Å². The number of fused-ring (bicyclic) bond motifs is 6. The summed E-state index contributed by atoms with van der Waals surface area (Å²) in [5.41, 5.74) is 14.5. The van der Waals surface area contributed by atoms with Gasteiger partial charge in [-0.15, -0.1) is 0 Å². The van der Waals surface area contributed by atoms with Gasteiger partial charge in [0, 0.05) is 49.3 Å². The van der Waals surface area contributed by atoms with Crippen molar-refractivity contribution in [1.82, 2.24) is 19.5 Å². The van der Waals surface area contributed by atoms with Gasteiger partial charge in [0.25, 0.3) is 0 Å². The Balaban J connectivity index is 0.993. The number of furan rings is 1. The second kappa shape index (κ2) is 15.2. The molecule has 0 amide bonds. The van der Waals surface area contributed by atoms with Crippen LogP contribution in [0.1, 0.15) is 0 Å². The molecule has 68 heavy (non-hydrogen) atoms. The lowest BCUT2D eigenvalue weighted by atomic mass is 9.89. The molecule has 11 aromatic carbocycles. The number of nitrogens with zero attached hydrogens (tertiary/aromatic N) is 4. The summed E-state index contributed by atoms with van der Waals surface area (Å²) in [6, 6.07) is 81.5. The minimum Gasteiger partial charge on any atom is -0.456 e. The normalized spacial score (nSPS) is 11.8. The van der Waals surface area contributed by atoms with Gasteiger partial charge in [0.05, 0.1) is 11.0 Å². The highest BCUT2D eigenvalue weighted by Gasteiger charge is 2.24. The summed E-state index contributed by atoms with van der Waals surface area (Å²) < 4.78 is 9.11. The SMILES string of the molecule is c1ccc(-c2cccc(-c3nc(-c4cccc(-c5ccccc5)c4)nc(-c4cccc5oc6ccc(-c7ccc8c9c7c7ccccc7c7cccc(c79)n8-c7ccccc7)cc6c45)n3)c2)cc1. The molecular weight excluding hydrogens is 829 g/mol. The highest BCUT2D eigenvalue weighted by Crippen LogP contribution is 2.48. The van der Waals surface area contributed by atoms with Crippen molar-refractivity contribution in [3.8, 4) is 73.2 Å². The van der Waals surface area contributed by atoms with Crippen molar-refractivity contribution in [3.05, 3.63) is 231 Å². The summed E-state index contributed by atoms with van der Waals surface area (Å²) in [5, 5.41) is 9.49. The van der Waals surface area contributed by atoms with Gasteiger partial charge in [-0.25, -0.2) is 15.0 Å². The Bertz CT molecular complexity index is 4150. The third-order valence-corrected chi connectivity index (χ3v) is 13.6. The summed E-state index contributed by atoms with van der Waals surface area (Å²) in [6.45, 7) is 0. The van der Waals surface area contributed by atoms with Gasteiger partial charge < -0.3 is 8.98 Å². The second-order valence-electron chi connectivity index (χ2n) is 17.5. The van der Waals surface area contributed by atoms with Crippen LogP contribution in [0.2, 0.25) is 0 Å². The number of rotatable bonds is 7. The van der Waals surface area contributed by atoms with E-state index >= 15 is 0 Å². The molecule has 5 nitrogen and oxygen atoms in total. The van der Waals surface area contributed by atoms with Gasteiger partial charge in [0.15, 0.2) is 17.5 Å². The van der Waals surface area contributed by atoms with Gasteiger partial charge in [0.2, 0.25) is 0 Å². The maximum absolute atomic E-state index is 6.69. The smallest absolute Gasteiger partial charge is 0.164 e. The summed E-state index contributed by atoms with van der Waals surface area (Å²) in [7, 11) is 0. The van der Waals surface area contributed by atoms with Crippen molar-refractivity contribution in [2.75, 3.05) is 0 Å². The van der Waals surface area contributed by atoms with Crippen LogP contribution in [0.25, 0.3) is 139 Å². The molecule has 0 spiro atoms. The number of aromatic nitrogens is 4. The van der Waals surface area contributed by atoms with Gasteiger partial charge in [-0.3, -0.25) is 0 Å². The first-order valence-electron chi connectivity index (χ1n) is 23.0. The van der Waals surface area contributed by atoms with Crippen molar-refractivity contribution in [1.29, 1.82) is 0 Å². The Morgan fingerprint density at radius 1 is 0.279 bits per heavy atom. The van der Waals surface area contributed by atoms with E-state index in [4.69, 9.17) is 19.4 Å². The molecule has 0 fully saturated rings. The molecule has 0 unspecified atom stereocenters. The molecule has 0 aliphatic rings. The molecule has 0 saturated carbocycles. The molecule has 0 radical (unpaired) electrons. The van der Waals surface area contributed by atoms with Gasteiger partial charge in [-0.05, 0) is 104 Å². The summed E-state index contributed by atoms with van der Waals surface area (Å²) >= 11 is 0. The molecule has 316 valence electrons. The van der Waals surface area contributed by atoms with Crippen molar-refractivity contribution >= 4 is 65.3 Å². The van der Waals surface area contributed by atoms with Crippen molar-refractivity contribution in [2.24, 2.45) is 0 Å². The minimum atomic E-state index is 0.575. The first kappa shape index (κ1) is 38.1. The maximum atomic E-state index is 6.69. The predicted molar refractivity (Wildman–Crippen MR) is 280 cm³/mol. The van der Waals surface area contributed by atoms with Crippen LogP contribution in [0.15, 0.2) is 235 Å². The molecule has 0 aliphatic heterocycles. The Morgan fingerprint density at radius 3 is 1.53 bits per heavy atom. The Morgan fingerprint density at radius 2 is 0.824 bits per heavy atom. The molecule has 3 heterocycles. The molecule has 3 aromatic heterocycles. The molecule has 0 atom stereocenters. The Kier molecular flexibility index (Phi) is 8.52. The second-order valence-corrected chi connectivity index (χ2v) is 17.5. The van der Waals surface area contributed by atoms with E-state index in [2.05, 4.69) is 211 Å². The summed E-state index contributed by atoms with van der Waals surface area (Å²) in [4.78, 5) is 15.8. The molecule has 5 heteroatoms. The van der Waals surface area contributed by atoms with E-state index in [1.165, 1.54) is 48.9 Å². The average Bonchev–Trinajstić information content (AvgIpc) is 3.97. The van der Waals surface area contributed by atoms with Crippen LogP contribution >= 0.6 is 0 Å². The zero-order valence-corrected chi connectivity index (χ0v) is 36.6. The predicted octanol–water partition coefficient (Wildman–Crippen LogP) is 16.6. The van der Waals surface area contributed by atoms with Crippen LogP contribution < -0.4 is 0 Å². The molecule has 0 saturated heterocycles. The maximum Gasteiger partial charge on any atom is 0.164 e. The van der Waals surface area contributed by atoms with Gasteiger partial charge in [-0.1, -0.05) is 176 Å². The molecule has 0 bridgehead atoms. The molecule has 14 aromatic rings. The standard InChI is InChI=1S/C63H38N4O/c1-4-16-39(17-5-1)41-20-12-22-44(36-41)61-64-62(45-23-13-21-42(37-45)40-18-6-2-7-19-40)66-63(65-61)51-29-15-31-56-57(51)52-38-43(32-35-55(52)68-56)47-33-34-54-60-58(47)49-27-11-10-26-48(49)50-28-14-30-53(59(50)60)67(54)46-24-8-3-9-25-46/h1-38H. The zero-order valence-electron chi connectivity index (χ0n) is 36.6. The largest absolute Gasteiger partial charge is 0.456 e. The molecule has 14 rings (SSSR count). The molecular formula is C63H38N4O. The van der Waals surface area contributed by atoms with E-state index in [-0.39, 0.29) is 0 Å². The van der Waals surface area contributed by atoms with E-state index in [1.807, 2.05) is 24.3 Å². The van der Waals surface area contributed by atoms with Crippen LogP contribution in [-0.2, 0) is 0 Å². The quantitative estimate of drug-likeness (QED) is 0.150. The number of benzene rings is 11. The van der Waals surface area contributed by atoms with Crippen LogP contribution in [0.3, 0.4) is 0 Å². The van der Waals surface area contributed by atoms with E-state index in [9.17, 15) is 0 Å². The fraction of sp³-hybridized carbons (Fsp3) is 0. The lowest BCUT2D eigenvalue weighted by Gasteiger charge is -2.14. The first-order chi connectivity index (χ1) is 33.7. The third kappa shape index (κ3) is 5.99. The fourth-order valence-electron chi connectivity index (χ4n) is 10.6. The van der Waals surface area contributed by atoms with Crippen LogP contribution in [0, 0.1) is 0 Å². The van der Waals surface area contributed by atoms with Crippen LogP contribution in [0.5, 0.6) is 0 Å². The highest BCUT2D eigenvalue weighted by molar-refractivity contribution is 6.36. The highest BCUT2D eigenvalue weighted by atomic mass is 16.3. The summed E-state index contributed by atoms with van der Waals surface area (Å²) in [6.07, 6.45) is 0. The summed E-state index contributed by atoms with van der Waals surface area (Å²) in [5.74, 6) is 1.77. The fourth-order valence-corrected chi connectivity index (χ4v) is 10.6. The Labute approximate surface area is 391 Å². The average molecular weight is 867 g/mol. The zero-order chi connectivity index (χ0) is 44.7. The lowest BCUT2D eigenvalue weighted by Crippen LogP contribution is -2.00. The molecule has 0 N–H and O–H groups in total. The van der Waals surface area contributed by atoms with E-state index in [0.29, 0.717) is 17.5 Å².